The highest BCUT2D eigenvalue weighted by Gasteiger charge is 2.45. The molecule has 0 bridgehead atoms. The molecule has 2 aliphatic rings. The molecule has 10 heteroatoms. The molecular formula is C30H25FN4O5. The summed E-state index contributed by atoms with van der Waals surface area (Å²) in [6.45, 7) is 0. The maximum absolute atomic E-state index is 14.7. The number of benzene rings is 3. The normalized spacial score (nSPS) is 20.1. The van der Waals surface area contributed by atoms with Gasteiger partial charge in [-0.3, -0.25) is 10.1 Å². The lowest BCUT2D eigenvalue weighted by Crippen LogP contribution is -2.24. The van der Waals surface area contributed by atoms with Crippen LogP contribution in [0.4, 0.5) is 16.0 Å². The molecule has 9 nitrogen and oxygen atoms in total. The predicted molar refractivity (Wildman–Crippen MR) is 146 cm³/mol. The van der Waals surface area contributed by atoms with Crippen molar-refractivity contribution in [1.82, 2.24) is 9.97 Å². The molecule has 2 atom stereocenters. The van der Waals surface area contributed by atoms with Crippen LogP contribution in [0.25, 0.3) is 22.4 Å². The van der Waals surface area contributed by atoms with Gasteiger partial charge < -0.3 is 14.2 Å². The zero-order chi connectivity index (χ0) is 27.5. The standard InChI is InChI=1S/C30H25FN4O5/c31-26-18-32-30(34-27(26)21-8-4-7-20(17-21)19-5-2-1-3-6-19)33-22-9-13-24(14-10-22)38-28-29(40-28)39-25-15-11-23(12-16-25)35(36)37/h1-8,11-12,15-18,24,28-29H,9-10,13-14H2. The summed E-state index contributed by atoms with van der Waals surface area (Å²) in [5, 5.41) is 10.8. The van der Waals surface area contributed by atoms with Crippen LogP contribution in [0.1, 0.15) is 25.7 Å². The van der Waals surface area contributed by atoms with Gasteiger partial charge in [-0.05, 0) is 55.0 Å². The van der Waals surface area contributed by atoms with Crippen LogP contribution in [0.3, 0.4) is 0 Å². The summed E-state index contributed by atoms with van der Waals surface area (Å²) in [5.41, 5.74) is 3.83. The lowest BCUT2D eigenvalue weighted by Gasteiger charge is -2.22. The third kappa shape index (κ3) is 6.03. The third-order valence-corrected chi connectivity index (χ3v) is 6.78. The van der Waals surface area contributed by atoms with Gasteiger partial charge in [0.05, 0.1) is 17.2 Å². The summed E-state index contributed by atoms with van der Waals surface area (Å²) in [6, 6.07) is 23.3. The fourth-order valence-corrected chi connectivity index (χ4v) is 4.64. The maximum Gasteiger partial charge on any atom is 0.269 e. The molecule has 0 spiro atoms. The summed E-state index contributed by atoms with van der Waals surface area (Å²) in [4.78, 5) is 23.5. The fourth-order valence-electron chi connectivity index (χ4n) is 4.64. The van der Waals surface area contributed by atoms with Crippen LogP contribution >= 0.6 is 0 Å². The molecule has 2 fully saturated rings. The minimum Gasteiger partial charge on any atom is -0.459 e. The molecule has 40 heavy (non-hydrogen) atoms. The number of rotatable bonds is 8. The Morgan fingerprint density at radius 3 is 2.40 bits per heavy atom. The van der Waals surface area contributed by atoms with Crippen LogP contribution in [-0.4, -0.2) is 39.3 Å². The van der Waals surface area contributed by atoms with E-state index in [-0.39, 0.29) is 23.4 Å². The van der Waals surface area contributed by atoms with E-state index in [1.807, 2.05) is 54.6 Å². The first-order valence-corrected chi connectivity index (χ1v) is 13.0. The van der Waals surface area contributed by atoms with Gasteiger partial charge in [0.2, 0.25) is 12.2 Å². The van der Waals surface area contributed by atoms with Crippen LogP contribution < -0.4 is 4.74 Å². The van der Waals surface area contributed by atoms with Crippen molar-refractivity contribution in [3.63, 3.8) is 0 Å². The van der Waals surface area contributed by atoms with Crippen molar-refractivity contribution in [2.45, 2.75) is 44.4 Å². The van der Waals surface area contributed by atoms with Crippen LogP contribution in [0.15, 0.2) is 90.1 Å². The minimum absolute atomic E-state index is 0.00365. The summed E-state index contributed by atoms with van der Waals surface area (Å²) in [7, 11) is 0. The predicted octanol–water partition coefficient (Wildman–Crippen LogP) is 6.65. The zero-order valence-corrected chi connectivity index (χ0v) is 21.4. The topological polar surface area (TPSA) is 112 Å². The second kappa shape index (κ2) is 11.3. The summed E-state index contributed by atoms with van der Waals surface area (Å²) in [6.07, 6.45) is 3.03. The van der Waals surface area contributed by atoms with Crippen LogP contribution in [0.2, 0.25) is 0 Å². The highest BCUT2D eigenvalue weighted by atomic mass is 19.1. The number of ether oxygens (including phenoxy) is 3. The fraction of sp³-hybridized carbons (Fsp3) is 0.233. The van der Waals surface area contributed by atoms with E-state index in [9.17, 15) is 14.5 Å². The lowest BCUT2D eigenvalue weighted by atomic mass is 9.95. The Morgan fingerprint density at radius 2 is 1.65 bits per heavy atom. The number of hydrogen-bond donors (Lipinski definition) is 0. The Kier molecular flexibility index (Phi) is 7.26. The number of epoxide rings is 1. The molecule has 1 saturated carbocycles. The molecule has 4 aromatic rings. The smallest absolute Gasteiger partial charge is 0.269 e. The van der Waals surface area contributed by atoms with E-state index in [2.05, 4.69) is 15.0 Å². The molecule has 0 radical (unpaired) electrons. The second-order valence-corrected chi connectivity index (χ2v) is 9.57. The zero-order valence-electron chi connectivity index (χ0n) is 21.4. The van der Waals surface area contributed by atoms with Crippen molar-refractivity contribution < 1.29 is 23.5 Å². The largest absolute Gasteiger partial charge is 0.459 e. The SMILES string of the molecule is O=[N+]([O-])c1ccc(OC2OC2OC2CCC(=Nc3ncc(F)c(-c4cccc(-c5ccccc5)c4)n3)CC2)cc1. The van der Waals surface area contributed by atoms with E-state index in [0.717, 1.165) is 29.7 Å². The number of hydrogen-bond acceptors (Lipinski definition) is 8. The lowest BCUT2D eigenvalue weighted by molar-refractivity contribution is -0.384. The van der Waals surface area contributed by atoms with E-state index in [4.69, 9.17) is 14.2 Å². The molecular weight excluding hydrogens is 515 g/mol. The van der Waals surface area contributed by atoms with Crippen molar-refractivity contribution in [1.29, 1.82) is 0 Å². The van der Waals surface area contributed by atoms with Gasteiger partial charge in [-0.2, -0.15) is 0 Å². The highest BCUT2D eigenvalue weighted by Crippen LogP contribution is 2.33. The Bertz CT molecular complexity index is 1540. The molecule has 1 aromatic heterocycles. The number of nitro benzene ring substituents is 1. The number of aromatic nitrogens is 2. The van der Waals surface area contributed by atoms with E-state index < -0.39 is 23.3 Å². The Balaban J connectivity index is 1.05. The Morgan fingerprint density at radius 1 is 0.925 bits per heavy atom. The van der Waals surface area contributed by atoms with Crippen molar-refractivity contribution in [3.8, 4) is 28.1 Å². The second-order valence-electron chi connectivity index (χ2n) is 9.57. The van der Waals surface area contributed by atoms with Gasteiger partial charge in [-0.1, -0.05) is 48.5 Å². The van der Waals surface area contributed by atoms with Crippen molar-refractivity contribution in [2.24, 2.45) is 4.99 Å². The van der Waals surface area contributed by atoms with E-state index >= 15 is 0 Å². The van der Waals surface area contributed by atoms with E-state index in [1.54, 1.807) is 0 Å². The van der Waals surface area contributed by atoms with Gasteiger partial charge in [-0.25, -0.2) is 19.4 Å². The van der Waals surface area contributed by atoms with Crippen molar-refractivity contribution in [3.05, 3.63) is 101 Å². The van der Waals surface area contributed by atoms with Gasteiger partial charge in [0.15, 0.2) is 5.82 Å². The molecule has 202 valence electrons. The van der Waals surface area contributed by atoms with E-state index in [0.29, 0.717) is 24.2 Å². The molecule has 6 rings (SSSR count). The first kappa shape index (κ1) is 25.7. The molecule has 0 N–H and O–H groups in total. The number of nitrogens with zero attached hydrogens (tertiary/aromatic N) is 4. The average Bonchev–Trinajstić information content (AvgIpc) is 3.72. The van der Waals surface area contributed by atoms with Crippen molar-refractivity contribution >= 4 is 17.3 Å². The van der Waals surface area contributed by atoms with Crippen molar-refractivity contribution in [2.75, 3.05) is 0 Å². The molecule has 2 heterocycles. The van der Waals surface area contributed by atoms with Crippen LogP contribution in [0, 0.1) is 15.9 Å². The summed E-state index contributed by atoms with van der Waals surface area (Å²) < 4.78 is 31.8. The maximum atomic E-state index is 14.7. The molecule has 1 aliphatic carbocycles. The number of halogens is 1. The molecule has 2 unspecified atom stereocenters. The molecule has 3 aromatic carbocycles. The van der Waals surface area contributed by atoms with E-state index in [1.165, 1.54) is 30.5 Å². The summed E-state index contributed by atoms with van der Waals surface area (Å²) in [5.74, 6) is 0.212. The minimum atomic E-state index is -0.539. The number of non-ortho nitro benzene ring substituents is 1. The molecule has 1 saturated heterocycles. The molecule has 0 amide bonds. The van der Waals surface area contributed by atoms with Gasteiger partial charge >= 0.3 is 0 Å². The molecule has 1 aliphatic heterocycles. The van der Waals surface area contributed by atoms with Gasteiger partial charge in [0.25, 0.3) is 12.0 Å². The Labute approximate surface area is 229 Å². The third-order valence-electron chi connectivity index (χ3n) is 6.78. The highest BCUT2D eigenvalue weighted by molar-refractivity contribution is 5.87. The van der Waals surface area contributed by atoms with Crippen LogP contribution in [-0.2, 0) is 9.47 Å². The van der Waals surface area contributed by atoms with Gasteiger partial charge in [-0.15, -0.1) is 0 Å². The monoisotopic (exact) mass is 540 g/mol. The average molecular weight is 541 g/mol. The summed E-state index contributed by atoms with van der Waals surface area (Å²) >= 11 is 0. The quantitative estimate of drug-likeness (QED) is 0.140. The first-order chi connectivity index (χ1) is 19.5. The number of nitro groups is 1. The number of aliphatic imine (C=N–C) groups is 1. The first-order valence-electron chi connectivity index (χ1n) is 13.0. The van der Waals surface area contributed by atoms with Gasteiger partial charge in [0, 0.05) is 23.4 Å². The van der Waals surface area contributed by atoms with Gasteiger partial charge in [0.1, 0.15) is 11.4 Å². The Hall–Kier alpha value is -4.54. The van der Waals surface area contributed by atoms with Crippen LogP contribution in [0.5, 0.6) is 5.75 Å².